The second-order valence-corrected chi connectivity index (χ2v) is 5.03. The second kappa shape index (κ2) is 6.83. The van der Waals surface area contributed by atoms with Crippen LogP contribution in [0.2, 0.25) is 0 Å². The molecular formula is C15H22F2O. The fourth-order valence-corrected chi connectivity index (χ4v) is 2.27. The first-order valence-electron chi connectivity index (χ1n) is 6.61. The van der Waals surface area contributed by atoms with E-state index in [1.54, 1.807) is 0 Å². The van der Waals surface area contributed by atoms with E-state index in [4.69, 9.17) is 0 Å². The van der Waals surface area contributed by atoms with E-state index < -0.39 is 5.82 Å². The summed E-state index contributed by atoms with van der Waals surface area (Å²) in [6.45, 7) is 4.09. The van der Waals surface area contributed by atoms with Crippen LogP contribution in [0.15, 0.2) is 18.2 Å². The van der Waals surface area contributed by atoms with Gasteiger partial charge in [-0.1, -0.05) is 26.7 Å². The third-order valence-electron chi connectivity index (χ3n) is 3.72. The lowest BCUT2D eigenvalue weighted by atomic mass is 9.76. The Hall–Kier alpha value is -0.960. The molecule has 1 nitrogen and oxygen atoms in total. The monoisotopic (exact) mass is 256 g/mol. The molecule has 0 aliphatic heterocycles. The summed E-state index contributed by atoms with van der Waals surface area (Å²) >= 11 is 0. The van der Waals surface area contributed by atoms with Gasteiger partial charge in [0, 0.05) is 6.61 Å². The fraction of sp³-hybridized carbons (Fsp3) is 0.600. The van der Waals surface area contributed by atoms with Gasteiger partial charge in [0.05, 0.1) is 0 Å². The lowest BCUT2D eigenvalue weighted by Crippen LogP contribution is -2.28. The maximum absolute atomic E-state index is 13.6. The van der Waals surface area contributed by atoms with E-state index in [2.05, 4.69) is 6.92 Å². The summed E-state index contributed by atoms with van der Waals surface area (Å²) < 4.78 is 26.8. The van der Waals surface area contributed by atoms with Crippen LogP contribution in [-0.2, 0) is 6.42 Å². The quantitative estimate of drug-likeness (QED) is 0.779. The number of aliphatic hydroxyl groups excluding tert-OH is 1. The Balaban J connectivity index is 2.91. The van der Waals surface area contributed by atoms with Gasteiger partial charge in [-0.05, 0) is 48.4 Å². The van der Waals surface area contributed by atoms with Gasteiger partial charge in [0.1, 0.15) is 11.6 Å². The standard InChI is InChI=1S/C15H22F2O/c1-3-5-8-15(4-2,11-18)10-12-9-13(16)6-7-14(12)17/h6-7,9,18H,3-5,8,10-11H2,1-2H3. The van der Waals surface area contributed by atoms with Gasteiger partial charge in [0.2, 0.25) is 0 Å². The molecule has 0 aliphatic rings. The number of unbranched alkanes of at least 4 members (excludes halogenated alkanes) is 1. The highest BCUT2D eigenvalue weighted by molar-refractivity contribution is 5.20. The van der Waals surface area contributed by atoms with Gasteiger partial charge in [-0.2, -0.15) is 0 Å². The lowest BCUT2D eigenvalue weighted by molar-refractivity contribution is 0.106. The van der Waals surface area contributed by atoms with Crippen molar-refractivity contribution >= 4 is 0 Å². The second-order valence-electron chi connectivity index (χ2n) is 5.03. The van der Waals surface area contributed by atoms with E-state index in [0.29, 0.717) is 12.0 Å². The Kier molecular flexibility index (Phi) is 5.73. The molecule has 0 heterocycles. The van der Waals surface area contributed by atoms with Crippen molar-refractivity contribution in [1.29, 1.82) is 0 Å². The predicted octanol–water partition coefficient (Wildman–Crippen LogP) is 4.09. The predicted molar refractivity (Wildman–Crippen MR) is 69.4 cm³/mol. The molecule has 0 fully saturated rings. The lowest BCUT2D eigenvalue weighted by Gasteiger charge is -2.31. The van der Waals surface area contributed by atoms with Crippen LogP contribution < -0.4 is 0 Å². The van der Waals surface area contributed by atoms with E-state index in [9.17, 15) is 13.9 Å². The number of halogens is 2. The zero-order chi connectivity index (χ0) is 13.6. The van der Waals surface area contributed by atoms with Crippen LogP contribution in [0, 0.1) is 17.0 Å². The first-order chi connectivity index (χ1) is 8.56. The van der Waals surface area contributed by atoms with Crippen LogP contribution in [0.3, 0.4) is 0 Å². The summed E-state index contributed by atoms with van der Waals surface area (Å²) in [5, 5.41) is 9.61. The number of benzene rings is 1. The molecule has 0 aromatic heterocycles. The van der Waals surface area contributed by atoms with Gasteiger partial charge >= 0.3 is 0 Å². The Morgan fingerprint density at radius 2 is 1.94 bits per heavy atom. The number of rotatable bonds is 7. The fourth-order valence-electron chi connectivity index (χ4n) is 2.27. The minimum absolute atomic E-state index is 0.0133. The molecule has 0 amide bonds. The third-order valence-corrected chi connectivity index (χ3v) is 3.72. The van der Waals surface area contributed by atoms with E-state index in [1.807, 2.05) is 6.92 Å². The summed E-state index contributed by atoms with van der Waals surface area (Å²) in [6.07, 6.45) is 4.02. The summed E-state index contributed by atoms with van der Waals surface area (Å²) in [5.74, 6) is -0.816. The van der Waals surface area contributed by atoms with Crippen molar-refractivity contribution in [1.82, 2.24) is 0 Å². The van der Waals surface area contributed by atoms with Crippen molar-refractivity contribution in [3.05, 3.63) is 35.4 Å². The Bertz CT molecular complexity index is 373. The molecular weight excluding hydrogens is 234 g/mol. The van der Waals surface area contributed by atoms with Gasteiger partial charge in [0.25, 0.3) is 0 Å². The molecule has 1 unspecified atom stereocenters. The summed E-state index contributed by atoms with van der Waals surface area (Å²) in [7, 11) is 0. The maximum atomic E-state index is 13.6. The number of hydrogen-bond donors (Lipinski definition) is 1. The summed E-state index contributed by atoms with van der Waals surface area (Å²) in [6, 6.07) is 3.51. The highest BCUT2D eigenvalue weighted by Crippen LogP contribution is 2.33. The van der Waals surface area contributed by atoms with Crippen molar-refractivity contribution in [2.75, 3.05) is 6.61 Å². The SMILES string of the molecule is CCCCC(CC)(CO)Cc1cc(F)ccc1F. The molecule has 1 atom stereocenters. The zero-order valence-electron chi connectivity index (χ0n) is 11.2. The molecule has 0 aliphatic carbocycles. The zero-order valence-corrected chi connectivity index (χ0v) is 11.2. The van der Waals surface area contributed by atoms with Gasteiger partial charge in [-0.15, -0.1) is 0 Å². The first kappa shape index (κ1) is 15.1. The minimum atomic E-state index is -0.426. The van der Waals surface area contributed by atoms with Crippen molar-refractivity contribution in [3.8, 4) is 0 Å². The van der Waals surface area contributed by atoms with Gasteiger partial charge in [0.15, 0.2) is 0 Å². The highest BCUT2D eigenvalue weighted by atomic mass is 19.1. The summed E-state index contributed by atoms with van der Waals surface area (Å²) in [5.41, 5.74) is 0.0342. The molecule has 0 saturated carbocycles. The molecule has 18 heavy (non-hydrogen) atoms. The molecule has 1 rings (SSSR count). The Morgan fingerprint density at radius 3 is 2.50 bits per heavy atom. The largest absolute Gasteiger partial charge is 0.396 e. The molecule has 1 aromatic carbocycles. The van der Waals surface area contributed by atoms with Crippen molar-refractivity contribution < 1.29 is 13.9 Å². The Labute approximate surface area is 108 Å². The van der Waals surface area contributed by atoms with Crippen LogP contribution in [0.1, 0.15) is 45.1 Å². The van der Waals surface area contributed by atoms with Crippen molar-refractivity contribution in [2.24, 2.45) is 5.41 Å². The average Bonchev–Trinajstić information content (AvgIpc) is 2.39. The average molecular weight is 256 g/mol. The van der Waals surface area contributed by atoms with Crippen LogP contribution >= 0.6 is 0 Å². The van der Waals surface area contributed by atoms with Crippen molar-refractivity contribution in [3.63, 3.8) is 0 Å². The van der Waals surface area contributed by atoms with Gasteiger partial charge in [-0.3, -0.25) is 0 Å². The first-order valence-corrected chi connectivity index (χ1v) is 6.61. The Morgan fingerprint density at radius 1 is 1.22 bits per heavy atom. The molecule has 3 heteroatoms. The maximum Gasteiger partial charge on any atom is 0.126 e. The van der Waals surface area contributed by atoms with Gasteiger partial charge in [-0.25, -0.2) is 8.78 Å². The van der Waals surface area contributed by atoms with Crippen molar-refractivity contribution in [2.45, 2.75) is 46.0 Å². The molecule has 102 valence electrons. The van der Waals surface area contributed by atoms with Gasteiger partial charge < -0.3 is 5.11 Å². The van der Waals surface area contributed by atoms with E-state index in [0.717, 1.165) is 37.8 Å². The molecule has 0 bridgehead atoms. The van der Waals surface area contributed by atoms with Crippen LogP contribution in [0.25, 0.3) is 0 Å². The minimum Gasteiger partial charge on any atom is -0.396 e. The third kappa shape index (κ3) is 3.77. The topological polar surface area (TPSA) is 20.2 Å². The highest BCUT2D eigenvalue weighted by Gasteiger charge is 2.28. The molecule has 0 spiro atoms. The van der Waals surface area contributed by atoms with Crippen LogP contribution in [-0.4, -0.2) is 11.7 Å². The normalized spacial score (nSPS) is 14.5. The van der Waals surface area contributed by atoms with Crippen LogP contribution in [0.5, 0.6) is 0 Å². The van der Waals surface area contributed by atoms with Crippen LogP contribution in [0.4, 0.5) is 8.78 Å². The number of aliphatic hydroxyl groups is 1. The molecule has 0 saturated heterocycles. The van der Waals surface area contributed by atoms with E-state index >= 15 is 0 Å². The number of hydrogen-bond acceptors (Lipinski definition) is 1. The van der Waals surface area contributed by atoms with E-state index in [-0.39, 0.29) is 17.8 Å². The smallest absolute Gasteiger partial charge is 0.126 e. The molecule has 1 aromatic rings. The summed E-state index contributed by atoms with van der Waals surface area (Å²) in [4.78, 5) is 0. The molecule has 1 N–H and O–H groups in total. The van der Waals surface area contributed by atoms with E-state index in [1.165, 1.54) is 6.07 Å². The molecule has 0 radical (unpaired) electrons.